The number of fused-ring (bicyclic) bond motifs is 2. The first-order chi connectivity index (χ1) is 11.5. The predicted molar refractivity (Wildman–Crippen MR) is 115 cm³/mol. The van der Waals surface area contributed by atoms with Gasteiger partial charge in [-0.1, -0.05) is 57.2 Å². The molecule has 4 atom stereocenters. The van der Waals surface area contributed by atoms with Gasteiger partial charge in [0.2, 0.25) is 8.32 Å². The molecule has 25 heavy (non-hydrogen) atoms. The smallest absolute Gasteiger partial charge is 0.209 e. The summed E-state index contributed by atoms with van der Waals surface area (Å²) in [6.45, 7) is 18.4. The Labute approximate surface area is 157 Å². The van der Waals surface area contributed by atoms with E-state index in [1.165, 1.54) is 36.1 Å². The number of hydrogen-bond donors (Lipinski definition) is 0. The number of hydrogen-bond acceptors (Lipinski definition) is 1. The topological polar surface area (TPSA) is 9.23 Å². The lowest BCUT2D eigenvalue weighted by Gasteiger charge is -2.61. The van der Waals surface area contributed by atoms with Gasteiger partial charge >= 0.3 is 0 Å². The fourth-order valence-electron chi connectivity index (χ4n) is 5.57. The van der Waals surface area contributed by atoms with Crippen molar-refractivity contribution < 1.29 is 4.12 Å². The highest BCUT2D eigenvalue weighted by molar-refractivity contribution is 6.92. The van der Waals surface area contributed by atoms with Crippen molar-refractivity contribution in [1.29, 1.82) is 0 Å². The maximum Gasteiger partial charge on any atom is 0.209 e. The van der Waals surface area contributed by atoms with Crippen molar-refractivity contribution in [3.05, 3.63) is 36.4 Å². The second-order valence-corrected chi connectivity index (χ2v) is 18.7. The first kappa shape index (κ1) is 19.1. The second kappa shape index (κ2) is 6.51. The summed E-state index contributed by atoms with van der Waals surface area (Å²) in [5, 5.41) is 1.47. The van der Waals surface area contributed by atoms with Gasteiger partial charge in [0.25, 0.3) is 0 Å². The van der Waals surface area contributed by atoms with Gasteiger partial charge in [-0.2, -0.15) is 0 Å². The molecule has 3 aliphatic rings. The summed E-state index contributed by atoms with van der Waals surface area (Å²) in [5.74, 6) is 2.74. The van der Waals surface area contributed by atoms with Crippen LogP contribution in [0.25, 0.3) is 6.08 Å². The minimum absolute atomic E-state index is 0.560. The van der Waals surface area contributed by atoms with E-state index in [0.29, 0.717) is 5.41 Å². The van der Waals surface area contributed by atoms with Crippen molar-refractivity contribution >= 4 is 27.9 Å². The third-order valence-corrected chi connectivity index (χ3v) is 14.1. The summed E-state index contributed by atoms with van der Waals surface area (Å²) in [4.78, 5) is 0. The van der Waals surface area contributed by atoms with E-state index >= 15 is 0 Å². The molecule has 0 aromatic heterocycles. The Morgan fingerprint density at radius 3 is 2.24 bits per heavy atom. The summed E-state index contributed by atoms with van der Waals surface area (Å²) in [7, 11) is -3.52. The molecule has 1 aromatic carbocycles. The fraction of sp³-hybridized carbons (Fsp3) is 0.636. The minimum atomic E-state index is -1.94. The zero-order valence-corrected chi connectivity index (χ0v) is 19.1. The van der Waals surface area contributed by atoms with E-state index in [2.05, 4.69) is 70.9 Å². The summed E-state index contributed by atoms with van der Waals surface area (Å²) in [6.07, 6.45) is 6.24. The van der Waals surface area contributed by atoms with E-state index in [0.717, 1.165) is 17.8 Å². The van der Waals surface area contributed by atoms with E-state index in [1.807, 2.05) is 6.08 Å². The van der Waals surface area contributed by atoms with E-state index < -0.39 is 16.6 Å². The molecule has 0 aliphatic heterocycles. The van der Waals surface area contributed by atoms with Crippen LogP contribution in [0.1, 0.15) is 38.7 Å². The molecule has 3 fully saturated rings. The van der Waals surface area contributed by atoms with Crippen molar-refractivity contribution in [1.82, 2.24) is 0 Å². The monoisotopic (exact) mass is 372 g/mol. The van der Waals surface area contributed by atoms with Crippen LogP contribution in [0, 0.1) is 23.2 Å². The van der Waals surface area contributed by atoms with Crippen LogP contribution < -0.4 is 5.19 Å². The van der Waals surface area contributed by atoms with Crippen LogP contribution in [0.4, 0.5) is 0 Å². The molecule has 0 N–H and O–H groups in total. The SMILES string of the molecule is C=Cc1ccc([Si](C)(CC2CCC3CC2C3(C)C)O[Si](C)(C)C)cc1. The van der Waals surface area contributed by atoms with E-state index in [1.54, 1.807) is 0 Å². The molecule has 3 aliphatic carbocycles. The molecule has 3 saturated carbocycles. The first-order valence-corrected chi connectivity index (χ1v) is 16.0. The molecule has 4 rings (SSSR count). The van der Waals surface area contributed by atoms with E-state index in [9.17, 15) is 0 Å². The molecule has 2 bridgehead atoms. The molecule has 4 unspecified atom stereocenters. The Kier molecular flexibility index (Phi) is 4.98. The number of benzene rings is 1. The summed E-state index contributed by atoms with van der Waals surface area (Å²) < 4.78 is 6.97. The standard InChI is InChI=1S/C22H36OSi2/c1-8-17-9-13-20(14-10-17)25(7,23-24(4,5)6)16-18-11-12-19-15-21(18)22(19,2)3/h8-10,13-14,18-19,21H,1,11-12,15-16H2,2-7H3. The highest BCUT2D eigenvalue weighted by Gasteiger charge is 2.55. The molecule has 0 heterocycles. The lowest BCUT2D eigenvalue weighted by molar-refractivity contribution is -0.0994. The fourth-order valence-corrected chi connectivity index (χ4v) is 14.4. The average molecular weight is 373 g/mol. The van der Waals surface area contributed by atoms with Crippen LogP contribution in [-0.4, -0.2) is 16.6 Å². The van der Waals surface area contributed by atoms with Gasteiger partial charge < -0.3 is 4.12 Å². The van der Waals surface area contributed by atoms with Gasteiger partial charge in [0.1, 0.15) is 0 Å². The minimum Gasteiger partial charge on any atom is -0.452 e. The Balaban J connectivity index is 1.87. The number of rotatable bonds is 6. The van der Waals surface area contributed by atoms with Gasteiger partial charge in [-0.25, -0.2) is 0 Å². The quantitative estimate of drug-likeness (QED) is 0.553. The zero-order chi connectivity index (χ0) is 18.5. The molecule has 1 nitrogen and oxygen atoms in total. The highest BCUT2D eigenvalue weighted by Crippen LogP contribution is 2.62. The van der Waals surface area contributed by atoms with Crippen molar-refractivity contribution in [3.63, 3.8) is 0 Å². The van der Waals surface area contributed by atoms with Crippen molar-refractivity contribution in [2.45, 2.75) is 65.3 Å². The van der Waals surface area contributed by atoms with Gasteiger partial charge in [0.15, 0.2) is 8.32 Å². The molecule has 138 valence electrons. The summed E-state index contributed by atoms with van der Waals surface area (Å²) in [5.41, 5.74) is 1.76. The van der Waals surface area contributed by atoms with Crippen molar-refractivity contribution in [2.75, 3.05) is 0 Å². The molecular weight excluding hydrogens is 336 g/mol. The Hall–Kier alpha value is -0.646. The van der Waals surface area contributed by atoms with Gasteiger partial charge in [-0.3, -0.25) is 0 Å². The molecule has 0 amide bonds. The van der Waals surface area contributed by atoms with Gasteiger partial charge in [-0.15, -0.1) is 0 Å². The predicted octanol–water partition coefficient (Wildman–Crippen LogP) is 6.04. The highest BCUT2D eigenvalue weighted by atomic mass is 28.4. The van der Waals surface area contributed by atoms with Gasteiger partial charge in [0, 0.05) is 0 Å². The maximum absolute atomic E-state index is 6.97. The Bertz CT molecular complexity index is 626. The molecule has 0 spiro atoms. The first-order valence-electron chi connectivity index (χ1n) is 9.98. The third kappa shape index (κ3) is 3.74. The zero-order valence-electron chi connectivity index (χ0n) is 17.1. The van der Waals surface area contributed by atoms with Gasteiger partial charge in [-0.05, 0) is 79.0 Å². The normalized spacial score (nSPS) is 30.2. The van der Waals surface area contributed by atoms with Crippen LogP contribution in [0.5, 0.6) is 0 Å². The van der Waals surface area contributed by atoms with Crippen LogP contribution in [-0.2, 0) is 4.12 Å². The van der Waals surface area contributed by atoms with Crippen LogP contribution in [0.2, 0.25) is 32.2 Å². The average Bonchev–Trinajstić information content (AvgIpc) is 2.53. The molecule has 0 saturated heterocycles. The second-order valence-electron chi connectivity index (χ2n) is 10.2. The Morgan fingerprint density at radius 2 is 1.76 bits per heavy atom. The van der Waals surface area contributed by atoms with Gasteiger partial charge in [0.05, 0.1) is 0 Å². The maximum atomic E-state index is 6.97. The lowest BCUT2D eigenvalue weighted by Crippen LogP contribution is -2.59. The summed E-state index contributed by atoms with van der Waals surface area (Å²) >= 11 is 0. The van der Waals surface area contributed by atoms with Crippen molar-refractivity contribution in [2.24, 2.45) is 23.2 Å². The van der Waals surface area contributed by atoms with E-state index in [-0.39, 0.29) is 0 Å². The van der Waals surface area contributed by atoms with Crippen molar-refractivity contribution in [3.8, 4) is 0 Å². The largest absolute Gasteiger partial charge is 0.452 e. The lowest BCUT2D eigenvalue weighted by atomic mass is 9.46. The third-order valence-electron chi connectivity index (χ3n) is 6.94. The van der Waals surface area contributed by atoms with Crippen LogP contribution in [0.3, 0.4) is 0 Å². The van der Waals surface area contributed by atoms with E-state index in [4.69, 9.17) is 4.12 Å². The van der Waals surface area contributed by atoms with Crippen LogP contribution in [0.15, 0.2) is 30.8 Å². The van der Waals surface area contributed by atoms with Crippen LogP contribution >= 0.6 is 0 Å². The Morgan fingerprint density at radius 1 is 1.12 bits per heavy atom. The molecule has 3 heteroatoms. The molecule has 1 aromatic rings. The molecule has 0 radical (unpaired) electrons. The summed E-state index contributed by atoms with van der Waals surface area (Å²) in [6, 6.07) is 10.4. The molecular formula is C22H36OSi2.